The number of nitrogens with one attached hydrogen (secondary N) is 1. The van der Waals surface area contributed by atoms with Gasteiger partial charge in [-0.2, -0.15) is 15.0 Å². The van der Waals surface area contributed by atoms with Crippen LogP contribution >= 0.6 is 11.6 Å². The van der Waals surface area contributed by atoms with Gasteiger partial charge in [0.1, 0.15) is 9.84 Å². The van der Waals surface area contributed by atoms with E-state index in [1.807, 2.05) is 18.7 Å². The molecule has 9 heteroatoms. The van der Waals surface area contributed by atoms with Gasteiger partial charge in [-0.1, -0.05) is 0 Å². The lowest BCUT2D eigenvalue weighted by atomic mass is 10.5. The molecule has 7 nitrogen and oxygen atoms in total. The maximum Gasteiger partial charge on any atom is 0.231 e. The molecule has 0 amide bonds. The van der Waals surface area contributed by atoms with Crippen LogP contribution in [0.2, 0.25) is 5.28 Å². The summed E-state index contributed by atoms with van der Waals surface area (Å²) in [4.78, 5) is 14.1. The second-order valence-electron chi connectivity index (χ2n) is 3.96. The summed E-state index contributed by atoms with van der Waals surface area (Å²) in [5, 5.41) is 2.92. The lowest BCUT2D eigenvalue weighted by Gasteiger charge is -2.18. The molecular formula is C10H18ClN5O2S. The minimum Gasteiger partial charge on any atom is -0.353 e. The Morgan fingerprint density at radius 3 is 2.37 bits per heavy atom. The fourth-order valence-corrected chi connectivity index (χ4v) is 2.04. The van der Waals surface area contributed by atoms with E-state index in [1.54, 1.807) is 0 Å². The van der Waals surface area contributed by atoms with Gasteiger partial charge in [0.25, 0.3) is 0 Å². The number of hydrogen-bond donors (Lipinski definition) is 1. The molecule has 0 aliphatic heterocycles. The number of sulfone groups is 1. The van der Waals surface area contributed by atoms with Crippen LogP contribution in [-0.2, 0) is 9.84 Å². The largest absolute Gasteiger partial charge is 0.353 e. The molecule has 108 valence electrons. The Bertz CT molecular complexity index is 519. The van der Waals surface area contributed by atoms with Gasteiger partial charge in [-0.25, -0.2) is 8.42 Å². The van der Waals surface area contributed by atoms with Gasteiger partial charge < -0.3 is 10.2 Å². The number of aromatic nitrogens is 3. The highest BCUT2D eigenvalue weighted by Gasteiger charge is 2.10. The molecular weight excluding hydrogens is 290 g/mol. The molecule has 0 aromatic carbocycles. The molecule has 0 spiro atoms. The monoisotopic (exact) mass is 307 g/mol. The molecule has 0 saturated heterocycles. The topological polar surface area (TPSA) is 88.1 Å². The van der Waals surface area contributed by atoms with Crippen molar-refractivity contribution in [1.29, 1.82) is 0 Å². The molecule has 0 aliphatic carbocycles. The average molecular weight is 308 g/mol. The number of nitrogens with zero attached hydrogens (tertiary/aromatic N) is 4. The first kappa shape index (κ1) is 15.9. The molecule has 0 saturated carbocycles. The highest BCUT2D eigenvalue weighted by molar-refractivity contribution is 7.90. The van der Waals surface area contributed by atoms with Crippen LogP contribution in [0.25, 0.3) is 0 Å². The second-order valence-corrected chi connectivity index (χ2v) is 6.55. The number of hydrogen-bond acceptors (Lipinski definition) is 7. The van der Waals surface area contributed by atoms with Gasteiger partial charge in [0.15, 0.2) is 0 Å². The Labute approximate surface area is 118 Å². The summed E-state index contributed by atoms with van der Waals surface area (Å²) in [6, 6.07) is 0. The minimum absolute atomic E-state index is 0.0108. The van der Waals surface area contributed by atoms with Gasteiger partial charge in [-0.05, 0) is 25.4 Å². The third kappa shape index (κ3) is 5.56. The van der Waals surface area contributed by atoms with E-state index in [-0.39, 0.29) is 23.5 Å². The van der Waals surface area contributed by atoms with Crippen molar-refractivity contribution in [3.05, 3.63) is 5.28 Å². The van der Waals surface area contributed by atoms with Gasteiger partial charge in [-0.15, -0.1) is 0 Å². The van der Waals surface area contributed by atoms with Crippen LogP contribution in [0.3, 0.4) is 0 Å². The van der Waals surface area contributed by atoms with Crippen LogP contribution in [0.4, 0.5) is 11.9 Å². The van der Waals surface area contributed by atoms with E-state index in [9.17, 15) is 8.42 Å². The van der Waals surface area contributed by atoms with Gasteiger partial charge in [-0.3, -0.25) is 0 Å². The van der Waals surface area contributed by atoms with E-state index in [1.165, 1.54) is 6.26 Å². The molecule has 0 fully saturated rings. The van der Waals surface area contributed by atoms with Crippen molar-refractivity contribution in [2.24, 2.45) is 0 Å². The number of halogens is 1. The van der Waals surface area contributed by atoms with E-state index in [2.05, 4.69) is 20.3 Å². The minimum atomic E-state index is -3.02. The Morgan fingerprint density at radius 2 is 1.84 bits per heavy atom. The maximum atomic E-state index is 11.0. The fraction of sp³-hybridized carbons (Fsp3) is 0.700. The van der Waals surface area contributed by atoms with Crippen LogP contribution in [0.1, 0.15) is 13.8 Å². The van der Waals surface area contributed by atoms with Gasteiger partial charge in [0, 0.05) is 25.9 Å². The summed E-state index contributed by atoms with van der Waals surface area (Å²) in [5.41, 5.74) is 0. The van der Waals surface area contributed by atoms with Crippen molar-refractivity contribution >= 4 is 33.3 Å². The Morgan fingerprint density at radius 1 is 1.21 bits per heavy atom. The van der Waals surface area contributed by atoms with Gasteiger partial charge in [0.05, 0.1) is 5.75 Å². The number of anilines is 2. The normalized spacial score (nSPS) is 11.4. The zero-order chi connectivity index (χ0) is 14.5. The van der Waals surface area contributed by atoms with Crippen molar-refractivity contribution in [2.75, 3.05) is 41.9 Å². The highest BCUT2D eigenvalue weighted by atomic mass is 35.5. The lowest BCUT2D eigenvalue weighted by Crippen LogP contribution is -2.25. The Balaban J connectivity index is 2.79. The molecule has 1 heterocycles. The smallest absolute Gasteiger partial charge is 0.231 e. The molecule has 0 bridgehead atoms. The summed E-state index contributed by atoms with van der Waals surface area (Å²) in [5.74, 6) is 0.772. The molecule has 19 heavy (non-hydrogen) atoms. The Kier molecular flexibility index (Phi) is 5.74. The second kappa shape index (κ2) is 6.85. The molecule has 1 aromatic heterocycles. The zero-order valence-electron chi connectivity index (χ0n) is 11.2. The maximum absolute atomic E-state index is 11.0. The zero-order valence-corrected chi connectivity index (χ0v) is 12.8. The summed E-state index contributed by atoms with van der Waals surface area (Å²) in [6.45, 7) is 5.70. The van der Waals surface area contributed by atoms with Crippen molar-refractivity contribution in [3.8, 4) is 0 Å². The van der Waals surface area contributed by atoms with E-state index in [0.29, 0.717) is 5.95 Å². The van der Waals surface area contributed by atoms with Gasteiger partial charge in [0.2, 0.25) is 17.2 Å². The SMILES string of the molecule is CCN(CC)c1nc(Cl)nc(NCCS(C)(=O)=O)n1. The molecule has 0 atom stereocenters. The van der Waals surface area contributed by atoms with Crippen molar-refractivity contribution < 1.29 is 8.42 Å². The third-order valence-corrected chi connectivity index (χ3v) is 3.51. The van der Waals surface area contributed by atoms with Crippen molar-refractivity contribution in [2.45, 2.75) is 13.8 Å². The quantitative estimate of drug-likeness (QED) is 0.798. The predicted molar refractivity (Wildman–Crippen MR) is 76.6 cm³/mol. The van der Waals surface area contributed by atoms with E-state index >= 15 is 0 Å². The first-order valence-electron chi connectivity index (χ1n) is 5.93. The summed E-state index contributed by atoms with van der Waals surface area (Å²) < 4.78 is 22.1. The van der Waals surface area contributed by atoms with E-state index in [4.69, 9.17) is 11.6 Å². The van der Waals surface area contributed by atoms with Crippen molar-refractivity contribution in [1.82, 2.24) is 15.0 Å². The van der Waals surface area contributed by atoms with Crippen LogP contribution < -0.4 is 10.2 Å². The fourth-order valence-electron chi connectivity index (χ4n) is 1.41. The molecule has 0 unspecified atom stereocenters. The average Bonchev–Trinajstić information content (AvgIpc) is 2.28. The van der Waals surface area contributed by atoms with Crippen LogP contribution in [-0.4, -0.2) is 55.0 Å². The first-order chi connectivity index (χ1) is 8.85. The molecule has 1 N–H and O–H groups in total. The summed E-state index contributed by atoms with van der Waals surface area (Å²) in [6.07, 6.45) is 1.18. The third-order valence-electron chi connectivity index (χ3n) is 2.40. The number of rotatable bonds is 7. The molecule has 0 radical (unpaired) electrons. The standard InChI is InChI=1S/C10H18ClN5O2S/c1-4-16(5-2)10-14-8(11)13-9(15-10)12-6-7-19(3,17)18/h4-7H2,1-3H3,(H,12,13,14,15). The predicted octanol–water partition coefficient (Wildman–Crippen LogP) is 0.828. The summed E-state index contributed by atoms with van der Waals surface area (Å²) in [7, 11) is -3.02. The van der Waals surface area contributed by atoms with Crippen LogP contribution in [0.5, 0.6) is 0 Å². The molecule has 1 aromatic rings. The molecule has 1 rings (SSSR count). The van der Waals surface area contributed by atoms with E-state index < -0.39 is 9.84 Å². The van der Waals surface area contributed by atoms with E-state index in [0.717, 1.165) is 13.1 Å². The lowest BCUT2D eigenvalue weighted by molar-refractivity contribution is 0.602. The van der Waals surface area contributed by atoms with Crippen LogP contribution in [0, 0.1) is 0 Å². The highest BCUT2D eigenvalue weighted by Crippen LogP contribution is 2.13. The Hall–Kier alpha value is -1.15. The first-order valence-corrected chi connectivity index (χ1v) is 8.37. The van der Waals surface area contributed by atoms with Crippen LogP contribution in [0.15, 0.2) is 0 Å². The summed E-state index contributed by atoms with van der Waals surface area (Å²) >= 11 is 5.83. The van der Waals surface area contributed by atoms with Crippen molar-refractivity contribution in [3.63, 3.8) is 0 Å². The molecule has 0 aliphatic rings. The van der Waals surface area contributed by atoms with Gasteiger partial charge >= 0.3 is 0 Å².